The summed E-state index contributed by atoms with van der Waals surface area (Å²) >= 11 is 0. The molecule has 2 N–H and O–H groups in total. The first-order valence-corrected chi connectivity index (χ1v) is 9.36. The van der Waals surface area contributed by atoms with E-state index >= 15 is 0 Å². The molecule has 1 atom stereocenters. The van der Waals surface area contributed by atoms with Crippen LogP contribution in [0.5, 0.6) is 0 Å². The summed E-state index contributed by atoms with van der Waals surface area (Å²) in [6.07, 6.45) is -16.4. The van der Waals surface area contributed by atoms with Crippen LogP contribution in [0.2, 0.25) is 0 Å². The van der Waals surface area contributed by atoms with Gasteiger partial charge >= 0.3 is 70.3 Å². The van der Waals surface area contributed by atoms with E-state index in [1.165, 1.54) is 0 Å². The third-order valence-electron chi connectivity index (χ3n) is 3.81. The number of hydrogen-bond acceptors (Lipinski definition) is 5. The zero-order valence-corrected chi connectivity index (χ0v) is 18.0. The topological polar surface area (TPSA) is 121 Å². The molecule has 26 heteroatoms. The third kappa shape index (κ3) is 7.29. The molecule has 1 unspecified atom stereocenters. The smallest absolute Gasteiger partial charge is 0.460 e. The van der Waals surface area contributed by atoms with E-state index in [1.54, 1.807) is 0 Å². The number of carboxylic acids is 2. The van der Waals surface area contributed by atoms with Crippen LogP contribution >= 0.6 is 0 Å². The van der Waals surface area contributed by atoms with Gasteiger partial charge in [-0.2, -0.15) is 91.8 Å². The minimum absolute atomic E-state index is 0.335. The summed E-state index contributed by atoms with van der Waals surface area (Å²) in [6, 6.07) is -1.51. The van der Waals surface area contributed by atoms with Gasteiger partial charge in [0.05, 0.1) is 0 Å². The number of alkyl halides is 18. The molecule has 0 aromatic carbocycles. The molecule has 0 spiro atoms. The van der Waals surface area contributed by atoms with E-state index in [0.717, 1.165) is 0 Å². The second-order valence-electron chi connectivity index (χ2n) is 6.55. The molecule has 0 fully saturated rings. The zero-order valence-electron chi connectivity index (χ0n) is 17.2. The van der Waals surface area contributed by atoms with Crippen molar-refractivity contribution >= 4 is 22.4 Å². The quantitative estimate of drug-likeness (QED) is 0.311. The Hall–Kier alpha value is -2.70. The number of carboxylic acid groups (broad SMARTS) is 2. The summed E-state index contributed by atoms with van der Waals surface area (Å²) < 4.78 is 243. The molecule has 232 valence electrons. The molecule has 0 saturated carbocycles. The predicted octanol–water partition coefficient (Wildman–Crippen LogP) is 5.29. The van der Waals surface area contributed by atoms with Gasteiger partial charge < -0.3 is 10.2 Å². The Labute approximate surface area is 202 Å². The molecule has 0 aliphatic heterocycles. The Morgan fingerprint density at radius 3 is 1.00 bits per heavy atom. The highest BCUT2D eigenvalue weighted by atomic mass is 32.2. The number of rotatable bonds is 10. The van der Waals surface area contributed by atoms with E-state index in [2.05, 4.69) is 4.36 Å². The fraction of sp³-hybridized carbons (Fsp3) is 0.846. The Kier molecular flexibility index (Phi) is 11.3. The molecule has 0 aromatic rings. The van der Waals surface area contributed by atoms with Gasteiger partial charge in [-0.25, -0.2) is 4.79 Å². The lowest BCUT2D eigenvalue weighted by Gasteiger charge is -2.41. The summed E-state index contributed by atoms with van der Waals surface area (Å²) in [5.74, 6) is -53.7. The van der Waals surface area contributed by atoms with Crippen molar-refractivity contribution in [3.63, 3.8) is 0 Å². The van der Waals surface area contributed by atoms with Crippen LogP contribution in [0.3, 0.4) is 0 Å². The Morgan fingerprint density at radius 1 is 0.564 bits per heavy atom. The first-order chi connectivity index (χ1) is 16.7. The summed E-state index contributed by atoms with van der Waals surface area (Å²) in [4.78, 5) is 20.3. The minimum Gasteiger partial charge on any atom is -0.481 e. The highest BCUT2D eigenvalue weighted by molar-refractivity contribution is 7.61. The van der Waals surface area contributed by atoms with Crippen molar-refractivity contribution in [2.75, 3.05) is 0 Å². The zero-order chi connectivity index (χ0) is 32.4. The van der Waals surface area contributed by atoms with E-state index in [-0.39, 0.29) is 6.42 Å². The highest BCUT2D eigenvalue weighted by Crippen LogP contribution is 2.63. The van der Waals surface area contributed by atoms with Gasteiger partial charge in [0, 0.05) is 6.42 Å². The summed E-state index contributed by atoms with van der Waals surface area (Å²) in [5.41, 5.74) is 0. The van der Waals surface area contributed by atoms with Crippen LogP contribution in [0.1, 0.15) is 12.8 Å². The monoisotopic (exact) mass is 647 g/mol. The molecule has 0 bridgehead atoms. The van der Waals surface area contributed by atoms with E-state index in [1.807, 2.05) is 0 Å². The third-order valence-corrected chi connectivity index (χ3v) is 4.24. The van der Waals surface area contributed by atoms with Crippen molar-refractivity contribution in [2.24, 2.45) is 4.36 Å². The van der Waals surface area contributed by atoms with Crippen LogP contribution in [0, 0.1) is 0 Å². The Morgan fingerprint density at radius 2 is 0.821 bits per heavy atom. The number of nitrogens with zero attached hydrogens (tertiary/aromatic N) is 1. The van der Waals surface area contributed by atoms with Crippen LogP contribution < -0.4 is 0 Å². The van der Waals surface area contributed by atoms with Crippen molar-refractivity contribution in [3.05, 3.63) is 0 Å². The Bertz CT molecular complexity index is 975. The van der Waals surface area contributed by atoms with Crippen molar-refractivity contribution in [3.8, 4) is 0 Å². The average Bonchev–Trinajstić information content (AvgIpc) is 2.68. The van der Waals surface area contributed by atoms with E-state index in [9.17, 15) is 97.0 Å². The van der Waals surface area contributed by atoms with Crippen molar-refractivity contribution in [1.29, 1.82) is 0 Å². The molecule has 0 aromatic heterocycles. The van der Waals surface area contributed by atoms with Crippen molar-refractivity contribution in [1.82, 2.24) is 0 Å². The molecule has 0 amide bonds. The second-order valence-corrected chi connectivity index (χ2v) is 7.20. The molecule has 0 aliphatic carbocycles. The second kappa shape index (κ2) is 11.4. The molecule has 0 radical (unpaired) electrons. The number of aliphatic carboxylic acids is 2. The van der Waals surface area contributed by atoms with E-state index in [0.29, 0.717) is 0 Å². The lowest BCUT2D eigenvalue weighted by Crippen LogP contribution is -2.74. The first kappa shape index (κ1) is 38.4. The SMILES string of the molecule is FC(F)(F)C(F)(F)C(F)(F)C(F)(F)C(F)(F)C(F)(F)C(F)(F)C(F)(F)F.O=C(O)CCC(N=S(=O)=O)C(=O)O. The van der Waals surface area contributed by atoms with Gasteiger partial charge in [-0.15, -0.1) is 0 Å². The molecular formula is C13H7F18NO6S. The van der Waals surface area contributed by atoms with Crippen molar-refractivity contribution < 1.29 is 107 Å². The van der Waals surface area contributed by atoms with Crippen LogP contribution in [-0.4, -0.2) is 84.5 Å². The number of hydrogen-bond donors (Lipinski definition) is 2. The van der Waals surface area contributed by atoms with Crippen LogP contribution in [0.25, 0.3) is 0 Å². The molecular weight excluding hydrogens is 640 g/mol. The lowest BCUT2D eigenvalue weighted by atomic mass is 9.91. The summed E-state index contributed by atoms with van der Waals surface area (Å²) in [5, 5.41) is 16.6. The van der Waals surface area contributed by atoms with E-state index < -0.39 is 82.8 Å². The van der Waals surface area contributed by atoms with Gasteiger partial charge in [0.2, 0.25) is 0 Å². The van der Waals surface area contributed by atoms with Crippen LogP contribution in [0.4, 0.5) is 79.0 Å². The van der Waals surface area contributed by atoms with Gasteiger partial charge in [-0.05, 0) is 6.42 Å². The van der Waals surface area contributed by atoms with Gasteiger partial charge in [-0.3, -0.25) is 4.79 Å². The maximum Gasteiger partial charge on any atom is 0.460 e. The molecule has 39 heavy (non-hydrogen) atoms. The molecule has 0 aliphatic rings. The maximum absolute atomic E-state index is 12.8. The van der Waals surface area contributed by atoms with Crippen LogP contribution in [0.15, 0.2) is 4.36 Å². The summed E-state index contributed by atoms with van der Waals surface area (Å²) in [7, 11) is -2.83. The molecule has 0 heterocycles. The Balaban J connectivity index is 0. The van der Waals surface area contributed by atoms with Crippen LogP contribution in [-0.2, 0) is 20.1 Å². The number of carbonyl (C=O) groups is 2. The predicted molar refractivity (Wildman–Crippen MR) is 81.4 cm³/mol. The van der Waals surface area contributed by atoms with Crippen molar-refractivity contribution in [2.45, 2.75) is 66.8 Å². The van der Waals surface area contributed by atoms with Gasteiger partial charge in [-0.1, -0.05) is 0 Å². The fourth-order valence-electron chi connectivity index (χ4n) is 1.73. The average molecular weight is 647 g/mol. The first-order valence-electron chi connectivity index (χ1n) is 8.33. The maximum atomic E-state index is 12.8. The van der Waals surface area contributed by atoms with Gasteiger partial charge in [0.25, 0.3) is 0 Å². The van der Waals surface area contributed by atoms with E-state index in [4.69, 9.17) is 10.2 Å². The highest BCUT2D eigenvalue weighted by Gasteiger charge is 2.95. The standard InChI is InChI=1S/C8F18.C5H7NO6S/c9-1(10,3(13,14)5(17,18)7(21,22)23)2(11,12)4(15,16)6(19,20)8(24,25)26;7-4(8)2-1-3(5(9)10)6-13(11)12/h;3H,1-2H2,(H,7,8)(H,9,10). The lowest BCUT2D eigenvalue weighted by molar-refractivity contribution is -0.468. The molecule has 0 rings (SSSR count). The largest absolute Gasteiger partial charge is 0.481 e. The number of halogens is 18. The van der Waals surface area contributed by atoms with Gasteiger partial charge in [0.15, 0.2) is 6.04 Å². The fourth-order valence-corrected chi connectivity index (χ4v) is 2.13. The normalized spacial score (nSPS) is 15.1. The molecule has 0 saturated heterocycles. The molecule has 7 nitrogen and oxygen atoms in total. The van der Waals surface area contributed by atoms with Gasteiger partial charge in [0.1, 0.15) is 0 Å². The summed E-state index contributed by atoms with van der Waals surface area (Å²) in [6.45, 7) is 0. The minimum atomic E-state index is -8.72.